The molecule has 6 nitrogen and oxygen atoms in total. The van der Waals surface area contributed by atoms with E-state index in [0.717, 1.165) is 6.42 Å². The summed E-state index contributed by atoms with van der Waals surface area (Å²) in [5.74, 6) is -2.60. The lowest BCUT2D eigenvalue weighted by molar-refractivity contribution is -0.146. The van der Waals surface area contributed by atoms with Gasteiger partial charge in [-0.2, -0.15) is 0 Å². The first-order valence-electron chi connectivity index (χ1n) is 6.99. The molecule has 4 N–H and O–H groups in total. The highest BCUT2D eigenvalue weighted by molar-refractivity contribution is 5.86. The highest BCUT2D eigenvalue weighted by atomic mass is 16.4. The Morgan fingerprint density at radius 3 is 2.25 bits per heavy atom. The third-order valence-corrected chi connectivity index (χ3v) is 3.97. The van der Waals surface area contributed by atoms with Crippen LogP contribution < -0.4 is 11.1 Å². The van der Waals surface area contributed by atoms with Crippen LogP contribution in [0.4, 0.5) is 0 Å². The predicted octanol–water partition coefficient (Wildman–Crippen LogP) is 0.894. The molecule has 6 heteroatoms. The van der Waals surface area contributed by atoms with E-state index in [1.54, 1.807) is 13.8 Å². The molecule has 1 rings (SSSR count). The topological polar surface area (TPSA) is 109 Å². The number of amides is 2. The molecule has 1 unspecified atom stereocenters. The van der Waals surface area contributed by atoms with Crippen LogP contribution in [0.3, 0.4) is 0 Å². The molecule has 0 aromatic carbocycles. The molecule has 0 aromatic heterocycles. The van der Waals surface area contributed by atoms with Gasteiger partial charge in [0, 0.05) is 12.0 Å². The summed E-state index contributed by atoms with van der Waals surface area (Å²) in [6, 6.07) is 0. The zero-order valence-corrected chi connectivity index (χ0v) is 12.3. The number of rotatable bonds is 6. The number of nitrogens with one attached hydrogen (secondary N) is 1. The zero-order chi connectivity index (χ0) is 15.5. The number of carbonyl (C=O) groups excluding carboxylic acids is 2. The van der Waals surface area contributed by atoms with Crippen molar-refractivity contribution in [3.05, 3.63) is 0 Å². The molecule has 1 saturated carbocycles. The highest BCUT2D eigenvalue weighted by Gasteiger charge is 2.43. The summed E-state index contributed by atoms with van der Waals surface area (Å²) in [6.45, 7) is 5.41. The van der Waals surface area contributed by atoms with Gasteiger partial charge >= 0.3 is 5.97 Å². The summed E-state index contributed by atoms with van der Waals surface area (Å²) in [7, 11) is 0. The van der Waals surface area contributed by atoms with Gasteiger partial charge in [0.25, 0.3) is 0 Å². The first kappa shape index (κ1) is 16.5. The van der Waals surface area contributed by atoms with Gasteiger partial charge in [0.15, 0.2) is 0 Å². The molecular formula is C14H24N2O4. The largest absolute Gasteiger partial charge is 0.481 e. The lowest BCUT2D eigenvalue weighted by atomic mass is 9.92. The van der Waals surface area contributed by atoms with Crippen molar-refractivity contribution >= 4 is 17.8 Å². The monoisotopic (exact) mass is 284 g/mol. The Labute approximate surface area is 119 Å². The Balaban J connectivity index is 2.74. The number of nitrogens with two attached hydrogens (primary N) is 1. The Morgan fingerprint density at radius 2 is 1.80 bits per heavy atom. The van der Waals surface area contributed by atoms with E-state index in [-0.39, 0.29) is 18.2 Å². The molecule has 0 aliphatic heterocycles. The molecule has 2 amide bonds. The average Bonchev–Trinajstić information content (AvgIpc) is 2.70. The normalized spacial score (nSPS) is 26.2. The lowest BCUT2D eigenvalue weighted by Gasteiger charge is -2.27. The fourth-order valence-corrected chi connectivity index (χ4v) is 2.94. The fourth-order valence-electron chi connectivity index (χ4n) is 2.94. The summed E-state index contributed by atoms with van der Waals surface area (Å²) < 4.78 is 0. The molecule has 1 fully saturated rings. The van der Waals surface area contributed by atoms with Crippen molar-refractivity contribution in [3.8, 4) is 0 Å². The average molecular weight is 284 g/mol. The summed E-state index contributed by atoms with van der Waals surface area (Å²) in [4.78, 5) is 34.5. The van der Waals surface area contributed by atoms with Gasteiger partial charge in [0.05, 0.1) is 11.8 Å². The molecule has 0 bridgehead atoms. The van der Waals surface area contributed by atoms with Crippen LogP contribution in [0.15, 0.2) is 0 Å². The van der Waals surface area contributed by atoms with Crippen molar-refractivity contribution in [1.29, 1.82) is 0 Å². The van der Waals surface area contributed by atoms with Crippen molar-refractivity contribution < 1.29 is 19.5 Å². The first-order chi connectivity index (χ1) is 9.16. The molecule has 0 radical (unpaired) electrons. The fraction of sp³-hybridized carbons (Fsp3) is 0.786. The third-order valence-electron chi connectivity index (χ3n) is 3.97. The lowest BCUT2D eigenvalue weighted by Crippen LogP contribution is -2.49. The van der Waals surface area contributed by atoms with Crippen molar-refractivity contribution in [2.24, 2.45) is 23.5 Å². The van der Waals surface area contributed by atoms with Gasteiger partial charge in [-0.15, -0.1) is 0 Å². The van der Waals surface area contributed by atoms with E-state index in [1.807, 2.05) is 6.92 Å². The smallest absolute Gasteiger partial charge is 0.307 e. The molecule has 20 heavy (non-hydrogen) atoms. The second-order valence-corrected chi connectivity index (χ2v) is 6.31. The first-order valence-corrected chi connectivity index (χ1v) is 6.99. The van der Waals surface area contributed by atoms with Gasteiger partial charge in [0.1, 0.15) is 0 Å². The molecule has 0 spiro atoms. The molecule has 1 aliphatic rings. The van der Waals surface area contributed by atoms with Crippen molar-refractivity contribution in [3.63, 3.8) is 0 Å². The van der Waals surface area contributed by atoms with Gasteiger partial charge < -0.3 is 16.2 Å². The maximum absolute atomic E-state index is 12.3. The quantitative estimate of drug-likeness (QED) is 0.673. The van der Waals surface area contributed by atoms with Crippen LogP contribution in [-0.2, 0) is 14.4 Å². The van der Waals surface area contributed by atoms with E-state index in [2.05, 4.69) is 5.32 Å². The second-order valence-electron chi connectivity index (χ2n) is 6.31. The molecular weight excluding hydrogens is 260 g/mol. The van der Waals surface area contributed by atoms with Crippen LogP contribution in [0.25, 0.3) is 0 Å². The van der Waals surface area contributed by atoms with E-state index >= 15 is 0 Å². The minimum atomic E-state index is -0.922. The summed E-state index contributed by atoms with van der Waals surface area (Å²) >= 11 is 0. The Bertz CT molecular complexity index is 406. The number of aliphatic carboxylic acids is 1. The Morgan fingerprint density at radius 1 is 1.25 bits per heavy atom. The molecule has 114 valence electrons. The number of carbonyl (C=O) groups is 3. The van der Waals surface area contributed by atoms with Gasteiger partial charge in [-0.05, 0) is 32.6 Å². The minimum absolute atomic E-state index is 0.0282. The van der Waals surface area contributed by atoms with E-state index < -0.39 is 29.3 Å². The Hall–Kier alpha value is -1.59. The zero-order valence-electron chi connectivity index (χ0n) is 12.3. The SMILES string of the molecule is CCC1C[C@H](C(=O)NC(C)(C)CC(N)=O)[C@H](C(=O)O)C1. The molecule has 0 saturated heterocycles. The van der Waals surface area contributed by atoms with Crippen LogP contribution >= 0.6 is 0 Å². The standard InChI is InChI=1S/C14H24N2O4/c1-4-8-5-9(10(6-8)13(19)20)12(18)16-14(2,3)7-11(15)17/h8-10H,4-7H2,1-3H3,(H2,15,17)(H,16,18)(H,19,20)/t8?,9-,10+/m0/s1. The minimum Gasteiger partial charge on any atom is -0.481 e. The van der Waals surface area contributed by atoms with E-state index in [9.17, 15) is 19.5 Å². The summed E-state index contributed by atoms with van der Waals surface area (Å²) in [5.41, 5.74) is 4.39. The van der Waals surface area contributed by atoms with Crippen LogP contribution in [0.1, 0.15) is 46.5 Å². The second kappa shape index (κ2) is 6.24. The van der Waals surface area contributed by atoms with Crippen LogP contribution in [-0.4, -0.2) is 28.4 Å². The van der Waals surface area contributed by atoms with Gasteiger partial charge in [-0.25, -0.2) is 0 Å². The van der Waals surface area contributed by atoms with Crippen molar-refractivity contribution in [2.45, 2.75) is 52.0 Å². The Kier molecular flexibility index (Phi) is 5.14. The maximum Gasteiger partial charge on any atom is 0.307 e. The number of carboxylic acid groups (broad SMARTS) is 1. The third kappa shape index (κ3) is 4.21. The summed E-state index contributed by atoms with van der Waals surface area (Å²) in [5, 5.41) is 12.0. The number of carboxylic acids is 1. The number of hydrogen-bond donors (Lipinski definition) is 3. The summed E-state index contributed by atoms with van der Waals surface area (Å²) in [6.07, 6.45) is 2.03. The van der Waals surface area contributed by atoms with Gasteiger partial charge in [0.2, 0.25) is 11.8 Å². The van der Waals surface area contributed by atoms with Gasteiger partial charge in [-0.3, -0.25) is 14.4 Å². The molecule has 3 atom stereocenters. The molecule has 0 heterocycles. The van der Waals surface area contributed by atoms with Crippen LogP contribution in [0.2, 0.25) is 0 Å². The maximum atomic E-state index is 12.3. The van der Waals surface area contributed by atoms with Crippen molar-refractivity contribution in [1.82, 2.24) is 5.32 Å². The predicted molar refractivity (Wildman–Crippen MR) is 73.7 cm³/mol. The van der Waals surface area contributed by atoms with E-state index in [0.29, 0.717) is 12.8 Å². The van der Waals surface area contributed by atoms with E-state index in [1.165, 1.54) is 0 Å². The van der Waals surface area contributed by atoms with Crippen molar-refractivity contribution in [2.75, 3.05) is 0 Å². The number of primary amides is 1. The number of hydrogen-bond acceptors (Lipinski definition) is 3. The van der Waals surface area contributed by atoms with Gasteiger partial charge in [-0.1, -0.05) is 13.3 Å². The highest BCUT2D eigenvalue weighted by Crippen LogP contribution is 2.38. The van der Waals surface area contributed by atoms with Crippen LogP contribution in [0.5, 0.6) is 0 Å². The molecule has 1 aliphatic carbocycles. The molecule has 0 aromatic rings. The van der Waals surface area contributed by atoms with E-state index in [4.69, 9.17) is 5.73 Å². The van der Waals surface area contributed by atoms with Crippen LogP contribution in [0, 0.1) is 17.8 Å².